The molecule has 0 aliphatic heterocycles. The van der Waals surface area contributed by atoms with E-state index in [4.69, 9.17) is 0 Å². The molecule has 2 rings (SSSR count). The van der Waals surface area contributed by atoms with Gasteiger partial charge in [0.2, 0.25) is 0 Å². The zero-order valence-corrected chi connectivity index (χ0v) is 9.79. The molecule has 0 N–H and O–H groups in total. The quantitative estimate of drug-likeness (QED) is 0.470. The summed E-state index contributed by atoms with van der Waals surface area (Å²) in [6.45, 7) is 1.93. The summed E-state index contributed by atoms with van der Waals surface area (Å²) in [4.78, 5) is 21.2. The van der Waals surface area contributed by atoms with Gasteiger partial charge in [0.15, 0.2) is 0 Å². The average Bonchev–Trinajstić information content (AvgIpc) is 2.38. The van der Waals surface area contributed by atoms with Gasteiger partial charge in [-0.1, -0.05) is 35.9 Å². The number of aryl methyl sites for hydroxylation is 1. The van der Waals surface area contributed by atoms with E-state index in [1.165, 1.54) is 6.07 Å². The van der Waals surface area contributed by atoms with E-state index in [0.717, 1.165) is 11.1 Å². The van der Waals surface area contributed by atoms with Crippen LogP contribution in [-0.2, 0) is 0 Å². The van der Waals surface area contributed by atoms with Crippen molar-refractivity contribution >= 4 is 12.0 Å². The van der Waals surface area contributed by atoms with Crippen molar-refractivity contribution in [2.24, 2.45) is 0 Å². The number of nitro groups is 1. The van der Waals surface area contributed by atoms with Crippen molar-refractivity contribution in [3.05, 3.63) is 63.7 Å². The number of hydrogen-bond acceptors (Lipinski definition) is 3. The summed E-state index contributed by atoms with van der Waals surface area (Å²) in [5, 5.41) is 11.0. The third-order valence-corrected chi connectivity index (χ3v) is 2.68. The molecule has 0 unspecified atom stereocenters. The molecular formula is C14H11NO3. The van der Waals surface area contributed by atoms with Crippen LogP contribution < -0.4 is 0 Å². The van der Waals surface area contributed by atoms with E-state index in [1.54, 1.807) is 12.1 Å². The molecule has 0 bridgehead atoms. The summed E-state index contributed by atoms with van der Waals surface area (Å²) in [7, 11) is 0. The summed E-state index contributed by atoms with van der Waals surface area (Å²) < 4.78 is 0. The van der Waals surface area contributed by atoms with Crippen molar-refractivity contribution in [2.45, 2.75) is 6.92 Å². The van der Waals surface area contributed by atoms with E-state index in [0.29, 0.717) is 17.4 Å². The first kappa shape index (κ1) is 12.0. The third-order valence-electron chi connectivity index (χ3n) is 2.68. The average molecular weight is 241 g/mol. The van der Waals surface area contributed by atoms with E-state index in [9.17, 15) is 14.9 Å². The third kappa shape index (κ3) is 2.27. The number of aldehydes is 1. The molecule has 0 saturated carbocycles. The molecule has 2 aromatic carbocycles. The van der Waals surface area contributed by atoms with Crippen molar-refractivity contribution < 1.29 is 9.72 Å². The molecule has 0 atom stereocenters. The van der Waals surface area contributed by atoms with Gasteiger partial charge in [0, 0.05) is 11.6 Å². The molecular weight excluding hydrogens is 230 g/mol. The van der Waals surface area contributed by atoms with Gasteiger partial charge in [0.1, 0.15) is 6.29 Å². The van der Waals surface area contributed by atoms with Gasteiger partial charge in [0.05, 0.1) is 10.5 Å². The van der Waals surface area contributed by atoms with Crippen LogP contribution in [0.25, 0.3) is 11.1 Å². The van der Waals surface area contributed by atoms with Crippen molar-refractivity contribution in [1.82, 2.24) is 0 Å². The van der Waals surface area contributed by atoms with E-state index >= 15 is 0 Å². The maximum absolute atomic E-state index is 11.0. The van der Waals surface area contributed by atoms with Crippen LogP contribution in [0.1, 0.15) is 15.9 Å². The summed E-state index contributed by atoms with van der Waals surface area (Å²) >= 11 is 0. The van der Waals surface area contributed by atoms with Crippen LogP contribution in [0.2, 0.25) is 0 Å². The lowest BCUT2D eigenvalue weighted by molar-refractivity contribution is -0.384. The number of benzene rings is 2. The second-order valence-electron chi connectivity index (χ2n) is 4.02. The monoisotopic (exact) mass is 241 g/mol. The lowest BCUT2D eigenvalue weighted by atomic mass is 10.0. The predicted molar refractivity (Wildman–Crippen MR) is 68.7 cm³/mol. The highest BCUT2D eigenvalue weighted by molar-refractivity contribution is 5.82. The zero-order valence-electron chi connectivity index (χ0n) is 9.79. The second kappa shape index (κ2) is 4.79. The molecule has 0 saturated heterocycles. The first-order valence-electron chi connectivity index (χ1n) is 5.42. The van der Waals surface area contributed by atoms with Gasteiger partial charge >= 0.3 is 0 Å². The first-order chi connectivity index (χ1) is 8.61. The number of carbonyl (C=O) groups excluding carboxylic acids is 1. The minimum atomic E-state index is -0.468. The lowest BCUT2D eigenvalue weighted by Crippen LogP contribution is -1.94. The second-order valence-corrected chi connectivity index (χ2v) is 4.02. The molecule has 0 radical (unpaired) electrons. The standard InChI is InChI=1S/C14H11NO3/c1-10-3-2-4-12(7-10)13-6-5-11(9-16)8-14(13)15(17)18/h2-9H,1H3. The van der Waals surface area contributed by atoms with Crippen molar-refractivity contribution in [3.8, 4) is 11.1 Å². The van der Waals surface area contributed by atoms with Gasteiger partial charge in [-0.3, -0.25) is 14.9 Å². The SMILES string of the molecule is Cc1cccc(-c2ccc(C=O)cc2[N+](=O)[O-])c1. The van der Waals surface area contributed by atoms with Crippen LogP contribution in [0.4, 0.5) is 5.69 Å². The molecule has 4 nitrogen and oxygen atoms in total. The predicted octanol–water partition coefficient (Wildman–Crippen LogP) is 3.38. The Morgan fingerprint density at radius 3 is 2.56 bits per heavy atom. The minimum Gasteiger partial charge on any atom is -0.298 e. The van der Waals surface area contributed by atoms with Crippen LogP contribution in [-0.4, -0.2) is 11.2 Å². The maximum Gasteiger partial charge on any atom is 0.277 e. The number of nitrogens with zero attached hydrogens (tertiary/aromatic N) is 1. The summed E-state index contributed by atoms with van der Waals surface area (Å²) in [5.74, 6) is 0. The summed E-state index contributed by atoms with van der Waals surface area (Å²) in [5.41, 5.74) is 2.58. The molecule has 0 amide bonds. The van der Waals surface area contributed by atoms with Gasteiger partial charge in [-0.2, -0.15) is 0 Å². The van der Waals surface area contributed by atoms with Crippen molar-refractivity contribution in [3.63, 3.8) is 0 Å². The minimum absolute atomic E-state index is 0.0507. The van der Waals surface area contributed by atoms with Crippen LogP contribution in [0.5, 0.6) is 0 Å². The fraction of sp³-hybridized carbons (Fsp3) is 0.0714. The van der Waals surface area contributed by atoms with Crippen LogP contribution >= 0.6 is 0 Å². The largest absolute Gasteiger partial charge is 0.298 e. The Labute approximate surface area is 104 Å². The first-order valence-corrected chi connectivity index (χ1v) is 5.42. The molecule has 0 aliphatic carbocycles. The van der Waals surface area contributed by atoms with E-state index in [2.05, 4.69) is 0 Å². The smallest absolute Gasteiger partial charge is 0.277 e. The number of rotatable bonds is 3. The molecule has 4 heteroatoms. The molecule has 90 valence electrons. The zero-order chi connectivity index (χ0) is 13.1. The van der Waals surface area contributed by atoms with Crippen LogP contribution in [0.3, 0.4) is 0 Å². The Kier molecular flexibility index (Phi) is 3.19. The number of carbonyl (C=O) groups is 1. The van der Waals surface area contributed by atoms with Crippen LogP contribution in [0.15, 0.2) is 42.5 Å². The van der Waals surface area contributed by atoms with Gasteiger partial charge in [-0.05, 0) is 18.6 Å². The Balaban J connectivity index is 2.63. The molecule has 0 spiro atoms. The van der Waals surface area contributed by atoms with Gasteiger partial charge < -0.3 is 0 Å². The van der Waals surface area contributed by atoms with E-state index < -0.39 is 4.92 Å². The highest BCUT2D eigenvalue weighted by Gasteiger charge is 2.15. The Hall–Kier alpha value is -2.49. The van der Waals surface area contributed by atoms with Crippen molar-refractivity contribution in [1.29, 1.82) is 0 Å². The normalized spacial score (nSPS) is 10.1. The number of nitro benzene ring substituents is 1. The van der Waals surface area contributed by atoms with Gasteiger partial charge in [0.25, 0.3) is 5.69 Å². The fourth-order valence-electron chi connectivity index (χ4n) is 1.83. The van der Waals surface area contributed by atoms with Crippen molar-refractivity contribution in [2.75, 3.05) is 0 Å². The molecule has 18 heavy (non-hydrogen) atoms. The Morgan fingerprint density at radius 2 is 1.94 bits per heavy atom. The molecule has 0 heterocycles. The Morgan fingerprint density at radius 1 is 1.17 bits per heavy atom. The molecule has 0 fully saturated rings. The van der Waals surface area contributed by atoms with E-state index in [-0.39, 0.29) is 5.69 Å². The maximum atomic E-state index is 11.0. The lowest BCUT2D eigenvalue weighted by Gasteiger charge is -2.04. The van der Waals surface area contributed by atoms with Gasteiger partial charge in [-0.25, -0.2) is 0 Å². The highest BCUT2D eigenvalue weighted by atomic mass is 16.6. The fourth-order valence-corrected chi connectivity index (χ4v) is 1.83. The summed E-state index contributed by atoms with van der Waals surface area (Å²) in [6, 6.07) is 12.0. The number of hydrogen-bond donors (Lipinski definition) is 0. The molecule has 0 aliphatic rings. The topological polar surface area (TPSA) is 60.2 Å². The Bertz CT molecular complexity index is 620. The molecule has 2 aromatic rings. The van der Waals surface area contributed by atoms with Crippen LogP contribution in [0, 0.1) is 17.0 Å². The summed E-state index contributed by atoms with van der Waals surface area (Å²) in [6.07, 6.45) is 0.604. The van der Waals surface area contributed by atoms with Gasteiger partial charge in [-0.15, -0.1) is 0 Å². The molecule has 0 aromatic heterocycles. The van der Waals surface area contributed by atoms with E-state index in [1.807, 2.05) is 31.2 Å². The highest BCUT2D eigenvalue weighted by Crippen LogP contribution is 2.30.